The molecule has 0 radical (unpaired) electrons. The van der Waals surface area contributed by atoms with E-state index in [0.29, 0.717) is 17.6 Å². The number of carbonyl (C=O) groups excluding carboxylic acids is 1. The number of aromatic nitrogens is 2. The molecule has 180 valence electrons. The van der Waals surface area contributed by atoms with Gasteiger partial charge in [-0.05, 0) is 73.5 Å². The van der Waals surface area contributed by atoms with E-state index in [1.54, 1.807) is 0 Å². The third-order valence-corrected chi connectivity index (χ3v) is 7.03. The van der Waals surface area contributed by atoms with Gasteiger partial charge in [0.1, 0.15) is 0 Å². The van der Waals surface area contributed by atoms with E-state index in [4.69, 9.17) is 0 Å². The first-order valence-corrected chi connectivity index (χ1v) is 12.5. The van der Waals surface area contributed by atoms with Crippen LogP contribution >= 0.6 is 0 Å². The molecule has 0 saturated carbocycles. The molecule has 1 aliphatic rings. The van der Waals surface area contributed by atoms with E-state index in [1.165, 1.54) is 29.4 Å². The molecule has 0 aliphatic carbocycles. The number of aromatic amines is 1. The summed E-state index contributed by atoms with van der Waals surface area (Å²) >= 11 is 0. The van der Waals surface area contributed by atoms with Gasteiger partial charge in [0.05, 0.1) is 11.0 Å². The zero-order valence-electron chi connectivity index (χ0n) is 20.0. The molecule has 4 aromatic rings. The third-order valence-electron chi connectivity index (χ3n) is 7.03. The van der Waals surface area contributed by atoms with Crippen molar-refractivity contribution in [2.24, 2.45) is 5.92 Å². The van der Waals surface area contributed by atoms with Crippen LogP contribution in [0.4, 0.5) is 4.79 Å². The highest BCUT2D eigenvalue weighted by Crippen LogP contribution is 2.22. The van der Waals surface area contributed by atoms with Crippen LogP contribution in [0.2, 0.25) is 0 Å². The number of hydrogen-bond donors (Lipinski definition) is 2. The second kappa shape index (κ2) is 10.7. The second-order valence-electron chi connectivity index (χ2n) is 9.49. The normalized spacial score (nSPS) is 14.9. The van der Waals surface area contributed by atoms with E-state index in [9.17, 15) is 9.59 Å². The largest absolute Gasteiger partial charge is 0.334 e. The predicted octanol–water partition coefficient (Wildman–Crippen LogP) is 4.58. The molecule has 0 bridgehead atoms. The smallest absolute Gasteiger partial charge is 0.333 e. The van der Waals surface area contributed by atoms with Gasteiger partial charge in [0, 0.05) is 13.1 Å². The summed E-state index contributed by atoms with van der Waals surface area (Å²) in [5.74, 6) is 0.758. The standard InChI is InChI=1S/C29H32N4O2/c34-28(30-21-25-9-5-2-6-10-25)33-27-20-23(11-12-26(27)31-29(33)35)13-16-32-17-14-24(15-18-32)19-22-7-3-1-4-8-22/h1-12,20,24H,13-19,21H2,(H,30,34)(H,31,35). The van der Waals surface area contributed by atoms with Crippen molar-refractivity contribution in [2.45, 2.75) is 32.2 Å². The number of nitrogens with one attached hydrogen (secondary N) is 2. The van der Waals surface area contributed by atoms with Gasteiger partial charge in [0.2, 0.25) is 0 Å². The number of rotatable bonds is 7. The Labute approximate surface area is 205 Å². The molecule has 3 aromatic carbocycles. The average molecular weight is 469 g/mol. The first-order chi connectivity index (χ1) is 17.2. The lowest BCUT2D eigenvalue weighted by Gasteiger charge is -2.32. The zero-order valence-corrected chi connectivity index (χ0v) is 20.0. The molecule has 0 atom stereocenters. The van der Waals surface area contributed by atoms with Crippen molar-refractivity contribution in [3.8, 4) is 0 Å². The molecular formula is C29H32N4O2. The highest BCUT2D eigenvalue weighted by atomic mass is 16.2. The maximum atomic E-state index is 12.8. The van der Waals surface area contributed by atoms with E-state index in [0.717, 1.165) is 43.1 Å². The third kappa shape index (κ3) is 5.72. The maximum absolute atomic E-state index is 12.8. The number of piperidine rings is 1. The summed E-state index contributed by atoms with van der Waals surface area (Å²) in [5.41, 5.74) is 4.44. The molecule has 1 aromatic heterocycles. The Kier molecular flexibility index (Phi) is 7.09. The minimum atomic E-state index is -0.414. The summed E-state index contributed by atoms with van der Waals surface area (Å²) in [5, 5.41) is 2.85. The van der Waals surface area contributed by atoms with Crippen LogP contribution in [0, 0.1) is 5.92 Å². The Morgan fingerprint density at radius 2 is 1.57 bits per heavy atom. The van der Waals surface area contributed by atoms with Crippen LogP contribution in [0.3, 0.4) is 0 Å². The lowest BCUT2D eigenvalue weighted by molar-refractivity contribution is 0.186. The van der Waals surface area contributed by atoms with Crippen LogP contribution < -0.4 is 11.0 Å². The van der Waals surface area contributed by atoms with Gasteiger partial charge in [-0.15, -0.1) is 0 Å². The Hall–Kier alpha value is -3.64. The highest BCUT2D eigenvalue weighted by molar-refractivity contribution is 5.89. The molecule has 0 unspecified atom stereocenters. The maximum Gasteiger partial charge on any atom is 0.334 e. The van der Waals surface area contributed by atoms with E-state index >= 15 is 0 Å². The Morgan fingerprint density at radius 1 is 0.886 bits per heavy atom. The van der Waals surface area contributed by atoms with Crippen molar-refractivity contribution in [3.63, 3.8) is 0 Å². The molecular weight excluding hydrogens is 436 g/mol. The number of imidazole rings is 1. The van der Waals surface area contributed by atoms with Crippen LogP contribution in [0.25, 0.3) is 11.0 Å². The summed E-state index contributed by atoms with van der Waals surface area (Å²) in [4.78, 5) is 30.7. The SMILES string of the molecule is O=C(NCc1ccccc1)n1c(=O)[nH]c2ccc(CCN3CCC(Cc4ccccc4)CC3)cc21. The van der Waals surface area contributed by atoms with Gasteiger partial charge in [-0.3, -0.25) is 0 Å². The van der Waals surface area contributed by atoms with Gasteiger partial charge in [-0.2, -0.15) is 0 Å². The zero-order chi connectivity index (χ0) is 24.0. The molecule has 6 nitrogen and oxygen atoms in total. The fourth-order valence-corrected chi connectivity index (χ4v) is 5.01. The number of carbonyl (C=O) groups is 1. The average Bonchev–Trinajstić information content (AvgIpc) is 3.23. The first-order valence-electron chi connectivity index (χ1n) is 12.5. The minimum Gasteiger partial charge on any atom is -0.333 e. The fraction of sp³-hybridized carbons (Fsp3) is 0.310. The predicted molar refractivity (Wildman–Crippen MR) is 140 cm³/mol. The summed E-state index contributed by atoms with van der Waals surface area (Å²) in [6.45, 7) is 3.60. The Morgan fingerprint density at radius 3 is 2.29 bits per heavy atom. The van der Waals surface area contributed by atoms with Crippen molar-refractivity contribution < 1.29 is 4.79 Å². The molecule has 0 spiro atoms. The molecule has 1 amide bonds. The highest BCUT2D eigenvalue weighted by Gasteiger charge is 2.20. The number of hydrogen-bond acceptors (Lipinski definition) is 3. The van der Waals surface area contributed by atoms with Gasteiger partial charge in [0.15, 0.2) is 0 Å². The van der Waals surface area contributed by atoms with Crippen LogP contribution in [0.15, 0.2) is 83.7 Å². The molecule has 2 heterocycles. The number of fused-ring (bicyclic) bond motifs is 1. The van der Waals surface area contributed by atoms with Crippen molar-refractivity contribution in [2.75, 3.05) is 19.6 Å². The molecule has 35 heavy (non-hydrogen) atoms. The van der Waals surface area contributed by atoms with Gasteiger partial charge in [0.25, 0.3) is 0 Å². The van der Waals surface area contributed by atoms with E-state index in [1.807, 2.05) is 48.5 Å². The quantitative estimate of drug-likeness (QED) is 0.417. The molecule has 2 N–H and O–H groups in total. The van der Waals surface area contributed by atoms with E-state index < -0.39 is 11.7 Å². The molecule has 6 heteroatoms. The van der Waals surface area contributed by atoms with Gasteiger partial charge in [-0.1, -0.05) is 66.7 Å². The molecule has 5 rings (SSSR count). The lowest BCUT2D eigenvalue weighted by atomic mass is 9.90. The molecule has 1 fully saturated rings. The summed E-state index contributed by atoms with van der Waals surface area (Å²) < 4.78 is 1.21. The topological polar surface area (TPSA) is 70.1 Å². The van der Waals surface area contributed by atoms with Crippen LogP contribution in [-0.4, -0.2) is 40.1 Å². The van der Waals surface area contributed by atoms with Crippen LogP contribution in [-0.2, 0) is 19.4 Å². The number of benzene rings is 3. The Bertz CT molecular complexity index is 1320. The molecule has 1 aliphatic heterocycles. The molecule has 1 saturated heterocycles. The van der Waals surface area contributed by atoms with Crippen molar-refractivity contribution in [3.05, 3.63) is 106 Å². The first kappa shape index (κ1) is 23.1. The fourth-order valence-electron chi connectivity index (χ4n) is 5.01. The van der Waals surface area contributed by atoms with Crippen molar-refractivity contribution >= 4 is 17.1 Å². The van der Waals surface area contributed by atoms with Crippen LogP contribution in [0.1, 0.15) is 29.5 Å². The lowest BCUT2D eigenvalue weighted by Crippen LogP contribution is -2.35. The van der Waals surface area contributed by atoms with Gasteiger partial charge < -0.3 is 15.2 Å². The summed E-state index contributed by atoms with van der Waals surface area (Å²) in [6.07, 6.45) is 4.52. The summed E-state index contributed by atoms with van der Waals surface area (Å²) in [6, 6.07) is 26.0. The van der Waals surface area contributed by atoms with Gasteiger partial charge in [-0.25, -0.2) is 14.2 Å². The van der Waals surface area contributed by atoms with Gasteiger partial charge >= 0.3 is 11.7 Å². The van der Waals surface area contributed by atoms with Crippen LogP contribution in [0.5, 0.6) is 0 Å². The number of nitrogens with zero attached hydrogens (tertiary/aromatic N) is 2. The minimum absolute atomic E-state index is 0.374. The Balaban J connectivity index is 1.18. The van der Waals surface area contributed by atoms with E-state index in [-0.39, 0.29) is 0 Å². The number of likely N-dealkylation sites (tertiary alicyclic amines) is 1. The van der Waals surface area contributed by atoms with Crippen molar-refractivity contribution in [1.29, 1.82) is 0 Å². The van der Waals surface area contributed by atoms with E-state index in [2.05, 4.69) is 45.5 Å². The summed E-state index contributed by atoms with van der Waals surface area (Å²) in [7, 11) is 0. The number of amides is 1. The monoisotopic (exact) mass is 468 g/mol. The van der Waals surface area contributed by atoms with Crippen molar-refractivity contribution in [1.82, 2.24) is 19.8 Å². The number of H-pyrrole nitrogens is 1. The second-order valence-corrected chi connectivity index (χ2v) is 9.49.